The van der Waals surface area contributed by atoms with E-state index >= 15 is 0 Å². The Hall–Kier alpha value is -4.46. The molecule has 8 nitrogen and oxygen atoms in total. The first kappa shape index (κ1) is 29.1. The first-order chi connectivity index (χ1) is 18.6. The number of Topliss-reactive ketones (excluding diaryl/α,β-unsaturated/α-hetero) is 1. The van der Waals surface area contributed by atoms with Crippen molar-refractivity contribution in [1.29, 1.82) is 0 Å². The van der Waals surface area contributed by atoms with Crippen molar-refractivity contribution < 1.29 is 33.4 Å². The van der Waals surface area contributed by atoms with Gasteiger partial charge in [-0.05, 0) is 43.9 Å². The number of hydrogen-bond acceptors (Lipinski definition) is 7. The molecule has 0 aliphatic rings. The highest BCUT2D eigenvalue weighted by Crippen LogP contribution is 2.16. The lowest BCUT2D eigenvalue weighted by Crippen LogP contribution is -2.50. The highest BCUT2D eigenvalue weighted by atomic mass is 16.6. The number of ether oxygens (including phenoxy) is 3. The average Bonchev–Trinajstić information content (AvgIpc) is 2.91. The van der Waals surface area contributed by atoms with Gasteiger partial charge in [-0.15, -0.1) is 0 Å². The van der Waals surface area contributed by atoms with Crippen LogP contribution in [-0.4, -0.2) is 35.5 Å². The van der Waals surface area contributed by atoms with Gasteiger partial charge in [0, 0.05) is 0 Å². The van der Waals surface area contributed by atoms with Gasteiger partial charge in [0.15, 0.2) is 5.78 Å². The maximum Gasteiger partial charge on any atom is 0.408 e. The van der Waals surface area contributed by atoms with E-state index in [1.807, 2.05) is 18.2 Å². The number of hydrogen-bond donors (Lipinski definition) is 1. The third kappa shape index (κ3) is 9.74. The molecule has 0 saturated heterocycles. The second kappa shape index (κ2) is 13.9. The summed E-state index contributed by atoms with van der Waals surface area (Å²) in [7, 11) is 0. The largest absolute Gasteiger partial charge is 0.460 e. The van der Waals surface area contributed by atoms with Gasteiger partial charge in [-0.25, -0.2) is 4.79 Å². The minimum atomic E-state index is -1.92. The van der Waals surface area contributed by atoms with Crippen LogP contribution in [0.15, 0.2) is 91.0 Å². The summed E-state index contributed by atoms with van der Waals surface area (Å²) in [6.07, 6.45) is -0.835. The van der Waals surface area contributed by atoms with E-state index in [-0.39, 0.29) is 19.6 Å². The Balaban J connectivity index is 1.86. The van der Waals surface area contributed by atoms with E-state index in [2.05, 4.69) is 5.32 Å². The molecule has 1 atom stereocenters. The zero-order valence-corrected chi connectivity index (χ0v) is 22.3. The summed E-state index contributed by atoms with van der Waals surface area (Å²) in [5.41, 5.74) is 1.25. The molecule has 0 fully saturated rings. The molecule has 3 aromatic rings. The molecule has 0 radical (unpaired) electrons. The van der Waals surface area contributed by atoms with Crippen molar-refractivity contribution >= 4 is 23.8 Å². The summed E-state index contributed by atoms with van der Waals surface area (Å²) in [4.78, 5) is 52.8. The molecule has 0 saturated carbocycles. The van der Waals surface area contributed by atoms with E-state index in [4.69, 9.17) is 14.2 Å². The van der Waals surface area contributed by atoms with Crippen LogP contribution in [0.25, 0.3) is 0 Å². The van der Waals surface area contributed by atoms with E-state index in [0.717, 1.165) is 0 Å². The number of carbonyl (C=O) groups is 4. The van der Waals surface area contributed by atoms with Gasteiger partial charge in [0.1, 0.15) is 18.8 Å². The molecule has 1 amide bonds. The van der Waals surface area contributed by atoms with Gasteiger partial charge in [0.2, 0.25) is 5.92 Å². The van der Waals surface area contributed by atoms with E-state index < -0.39 is 41.4 Å². The fraction of sp³-hybridized carbons (Fsp3) is 0.290. The van der Waals surface area contributed by atoms with E-state index in [0.29, 0.717) is 16.7 Å². The highest BCUT2D eigenvalue weighted by molar-refractivity contribution is 6.17. The molecular weight excluding hydrogens is 498 g/mol. The van der Waals surface area contributed by atoms with Crippen LogP contribution >= 0.6 is 0 Å². The van der Waals surface area contributed by atoms with Crippen molar-refractivity contribution in [2.24, 2.45) is 5.92 Å². The number of alkyl carbamates (subject to hydrolysis) is 1. The Morgan fingerprint density at radius 3 is 1.49 bits per heavy atom. The molecule has 1 N–H and O–H groups in total. The molecule has 0 bridgehead atoms. The molecule has 39 heavy (non-hydrogen) atoms. The Labute approximate surface area is 228 Å². The van der Waals surface area contributed by atoms with Gasteiger partial charge in [-0.2, -0.15) is 0 Å². The van der Waals surface area contributed by atoms with Crippen molar-refractivity contribution in [3.05, 3.63) is 108 Å². The van der Waals surface area contributed by atoms with E-state index in [1.54, 1.807) is 93.6 Å². The molecule has 0 heterocycles. The van der Waals surface area contributed by atoms with Gasteiger partial charge in [-0.1, -0.05) is 91.0 Å². The highest BCUT2D eigenvalue weighted by Gasteiger charge is 2.42. The minimum absolute atomic E-state index is 0.0212. The molecule has 0 aliphatic carbocycles. The van der Waals surface area contributed by atoms with Crippen LogP contribution in [0.3, 0.4) is 0 Å². The predicted octanol–water partition coefficient (Wildman–Crippen LogP) is 4.79. The fourth-order valence-electron chi connectivity index (χ4n) is 3.68. The van der Waals surface area contributed by atoms with Crippen molar-refractivity contribution in [3.63, 3.8) is 0 Å². The summed E-state index contributed by atoms with van der Waals surface area (Å²) in [5.74, 6) is -4.90. The van der Waals surface area contributed by atoms with Gasteiger partial charge in [0.25, 0.3) is 0 Å². The van der Waals surface area contributed by atoms with Gasteiger partial charge in [0.05, 0.1) is 6.04 Å². The second-order valence-corrected chi connectivity index (χ2v) is 9.91. The van der Waals surface area contributed by atoms with E-state index in [9.17, 15) is 19.2 Å². The number of ketones is 1. The van der Waals surface area contributed by atoms with Gasteiger partial charge < -0.3 is 19.5 Å². The van der Waals surface area contributed by atoms with Crippen LogP contribution in [0, 0.1) is 5.92 Å². The number of carbonyl (C=O) groups excluding carboxylic acids is 4. The summed E-state index contributed by atoms with van der Waals surface area (Å²) in [6.45, 7) is 4.78. The SMILES string of the molecule is CC(C)(C)OC(=O)N[C@@H](Cc1ccccc1)C(=O)C(C(=O)OCc1ccccc1)C(=O)OCc1ccccc1. The van der Waals surface area contributed by atoms with Crippen molar-refractivity contribution in [1.82, 2.24) is 5.32 Å². The minimum Gasteiger partial charge on any atom is -0.460 e. The van der Waals surface area contributed by atoms with Gasteiger partial charge in [-0.3, -0.25) is 14.4 Å². The molecule has 8 heteroatoms. The average molecular weight is 532 g/mol. The Morgan fingerprint density at radius 2 is 1.08 bits per heavy atom. The van der Waals surface area contributed by atoms with Crippen LogP contribution in [0.5, 0.6) is 0 Å². The van der Waals surface area contributed by atoms with Crippen molar-refractivity contribution in [2.45, 2.75) is 52.0 Å². The smallest absolute Gasteiger partial charge is 0.408 e. The lowest BCUT2D eigenvalue weighted by molar-refractivity contribution is -0.166. The standard InChI is InChI=1S/C31H33NO7/c1-31(2,3)39-30(36)32-25(19-22-13-7-4-8-14-22)27(33)26(28(34)37-20-23-15-9-5-10-16-23)29(35)38-21-24-17-11-6-12-18-24/h4-18,25-26H,19-21H2,1-3H3,(H,32,36)/t25-/m0/s1. The van der Waals surface area contributed by atoms with Crippen LogP contribution in [0.2, 0.25) is 0 Å². The first-order valence-corrected chi connectivity index (χ1v) is 12.6. The fourth-order valence-corrected chi connectivity index (χ4v) is 3.68. The zero-order chi connectivity index (χ0) is 28.3. The summed E-state index contributed by atoms with van der Waals surface area (Å²) < 4.78 is 16.1. The summed E-state index contributed by atoms with van der Waals surface area (Å²) in [6, 6.07) is 25.4. The number of esters is 2. The third-order valence-corrected chi connectivity index (χ3v) is 5.52. The van der Waals surface area contributed by atoms with Crippen molar-refractivity contribution in [2.75, 3.05) is 0 Å². The van der Waals surface area contributed by atoms with Crippen LogP contribution in [-0.2, 0) is 48.2 Å². The van der Waals surface area contributed by atoms with Gasteiger partial charge >= 0.3 is 18.0 Å². The lowest BCUT2D eigenvalue weighted by Gasteiger charge is -2.25. The number of nitrogens with one attached hydrogen (secondary N) is 1. The molecule has 0 unspecified atom stereocenters. The Bertz CT molecular complexity index is 1180. The predicted molar refractivity (Wildman–Crippen MR) is 144 cm³/mol. The number of amides is 1. The van der Waals surface area contributed by atoms with E-state index in [1.165, 1.54) is 0 Å². The number of rotatable bonds is 11. The topological polar surface area (TPSA) is 108 Å². The summed E-state index contributed by atoms with van der Waals surface area (Å²) in [5, 5.41) is 2.53. The lowest BCUT2D eigenvalue weighted by atomic mass is 9.93. The molecule has 0 aromatic heterocycles. The molecule has 204 valence electrons. The Kier molecular flexibility index (Phi) is 10.4. The number of benzene rings is 3. The van der Waals surface area contributed by atoms with Crippen LogP contribution < -0.4 is 5.32 Å². The third-order valence-electron chi connectivity index (χ3n) is 5.52. The molecule has 3 rings (SSSR count). The monoisotopic (exact) mass is 531 g/mol. The van der Waals surface area contributed by atoms with Crippen LogP contribution in [0.4, 0.5) is 4.79 Å². The maximum absolute atomic E-state index is 13.8. The quantitative estimate of drug-likeness (QED) is 0.215. The Morgan fingerprint density at radius 1 is 0.667 bits per heavy atom. The first-order valence-electron chi connectivity index (χ1n) is 12.6. The normalized spacial score (nSPS) is 11.8. The molecule has 0 aliphatic heterocycles. The molecule has 0 spiro atoms. The molecule has 3 aromatic carbocycles. The second-order valence-electron chi connectivity index (χ2n) is 9.91. The maximum atomic E-state index is 13.8. The summed E-state index contributed by atoms with van der Waals surface area (Å²) >= 11 is 0. The van der Waals surface area contributed by atoms with Crippen LogP contribution in [0.1, 0.15) is 37.5 Å². The molecular formula is C31H33NO7. The zero-order valence-electron chi connectivity index (χ0n) is 22.3. The van der Waals surface area contributed by atoms with Crippen molar-refractivity contribution in [3.8, 4) is 0 Å².